The van der Waals surface area contributed by atoms with Gasteiger partial charge in [-0.15, -0.1) is 0 Å². The van der Waals surface area contributed by atoms with Gasteiger partial charge in [0.05, 0.1) is 23.9 Å². The van der Waals surface area contributed by atoms with E-state index in [9.17, 15) is 14.9 Å². The van der Waals surface area contributed by atoms with Gasteiger partial charge in [0, 0.05) is 5.56 Å². The Morgan fingerprint density at radius 2 is 2.00 bits per heavy atom. The van der Waals surface area contributed by atoms with Crippen LogP contribution < -0.4 is 5.73 Å². The SMILES string of the molecule is NC(=O)c1ccc(Cn2ccc([N+](=O)[O-])n2)cc1. The number of hydrogen-bond donors (Lipinski definition) is 1. The highest BCUT2D eigenvalue weighted by molar-refractivity contribution is 5.92. The standard InChI is InChI=1S/C11H10N4O3/c12-11(16)9-3-1-8(2-4-9)7-14-6-5-10(13-14)15(17)18/h1-6H,7H2,(H2,12,16). The highest BCUT2D eigenvalue weighted by Crippen LogP contribution is 2.09. The first-order valence-electron chi connectivity index (χ1n) is 5.13. The van der Waals surface area contributed by atoms with Crippen LogP contribution in [0.1, 0.15) is 15.9 Å². The first-order chi connectivity index (χ1) is 8.56. The van der Waals surface area contributed by atoms with Crippen molar-refractivity contribution in [2.24, 2.45) is 5.73 Å². The van der Waals surface area contributed by atoms with Crippen LogP contribution in [0, 0.1) is 10.1 Å². The number of hydrogen-bond acceptors (Lipinski definition) is 4. The van der Waals surface area contributed by atoms with E-state index in [1.807, 2.05) is 0 Å². The Balaban J connectivity index is 2.13. The summed E-state index contributed by atoms with van der Waals surface area (Å²) in [7, 11) is 0. The maximum atomic E-state index is 10.9. The van der Waals surface area contributed by atoms with Crippen molar-refractivity contribution in [1.82, 2.24) is 9.78 Å². The molecule has 0 spiro atoms. The van der Waals surface area contributed by atoms with E-state index in [0.29, 0.717) is 12.1 Å². The van der Waals surface area contributed by atoms with Gasteiger partial charge in [-0.2, -0.15) is 4.68 Å². The molecule has 1 amide bonds. The molecular formula is C11H10N4O3. The highest BCUT2D eigenvalue weighted by Gasteiger charge is 2.10. The Morgan fingerprint density at radius 3 is 2.50 bits per heavy atom. The third-order valence-corrected chi connectivity index (χ3v) is 2.40. The monoisotopic (exact) mass is 246 g/mol. The van der Waals surface area contributed by atoms with E-state index < -0.39 is 10.8 Å². The Morgan fingerprint density at radius 1 is 1.33 bits per heavy atom. The largest absolute Gasteiger partial charge is 0.389 e. The molecule has 0 aliphatic carbocycles. The Hall–Kier alpha value is -2.70. The normalized spacial score (nSPS) is 10.2. The lowest BCUT2D eigenvalue weighted by Gasteiger charge is -2.00. The highest BCUT2D eigenvalue weighted by atomic mass is 16.6. The summed E-state index contributed by atoms with van der Waals surface area (Å²) in [4.78, 5) is 20.8. The van der Waals surface area contributed by atoms with Gasteiger partial charge < -0.3 is 15.8 Å². The molecule has 0 aliphatic heterocycles. The predicted molar refractivity (Wildman–Crippen MR) is 62.9 cm³/mol. The Labute approximate surface area is 102 Å². The number of nitro groups is 1. The molecule has 1 aromatic carbocycles. The third kappa shape index (κ3) is 2.51. The van der Waals surface area contributed by atoms with Crippen LogP contribution >= 0.6 is 0 Å². The number of primary amides is 1. The lowest BCUT2D eigenvalue weighted by Crippen LogP contribution is -2.10. The molecule has 0 fully saturated rings. The molecule has 0 saturated heterocycles. The summed E-state index contributed by atoms with van der Waals surface area (Å²) in [5, 5.41) is 14.3. The van der Waals surface area contributed by atoms with E-state index in [1.54, 1.807) is 24.3 Å². The number of aromatic nitrogens is 2. The average Bonchev–Trinajstić information content (AvgIpc) is 2.78. The quantitative estimate of drug-likeness (QED) is 0.640. The molecule has 1 aromatic heterocycles. The van der Waals surface area contributed by atoms with E-state index >= 15 is 0 Å². The fraction of sp³-hybridized carbons (Fsp3) is 0.0909. The van der Waals surface area contributed by atoms with Gasteiger partial charge in [-0.3, -0.25) is 4.79 Å². The average molecular weight is 246 g/mol. The minimum absolute atomic E-state index is 0.191. The molecule has 1 heterocycles. The first kappa shape index (κ1) is 11.8. The molecule has 0 atom stereocenters. The van der Waals surface area contributed by atoms with Crippen molar-refractivity contribution in [3.63, 3.8) is 0 Å². The van der Waals surface area contributed by atoms with E-state index in [2.05, 4.69) is 5.10 Å². The molecule has 2 aromatic rings. The second-order valence-electron chi connectivity index (χ2n) is 3.69. The van der Waals surface area contributed by atoms with Gasteiger partial charge in [-0.05, 0) is 22.6 Å². The van der Waals surface area contributed by atoms with Crippen LogP contribution in [0.15, 0.2) is 36.5 Å². The zero-order chi connectivity index (χ0) is 13.1. The summed E-state index contributed by atoms with van der Waals surface area (Å²) in [6.07, 6.45) is 1.53. The fourth-order valence-electron chi connectivity index (χ4n) is 1.50. The summed E-state index contributed by atoms with van der Waals surface area (Å²) in [6, 6.07) is 8.00. The summed E-state index contributed by atoms with van der Waals surface area (Å²) in [5.41, 5.74) is 6.42. The lowest BCUT2D eigenvalue weighted by molar-refractivity contribution is -0.389. The van der Waals surface area contributed by atoms with Crippen molar-refractivity contribution < 1.29 is 9.72 Å². The van der Waals surface area contributed by atoms with Crippen molar-refractivity contribution in [2.45, 2.75) is 6.54 Å². The molecule has 0 saturated carbocycles. The molecule has 2 N–H and O–H groups in total. The zero-order valence-electron chi connectivity index (χ0n) is 9.31. The van der Waals surface area contributed by atoms with Crippen LogP contribution in [0.3, 0.4) is 0 Å². The number of rotatable bonds is 4. The van der Waals surface area contributed by atoms with Crippen LogP contribution in [-0.4, -0.2) is 20.6 Å². The molecular weight excluding hydrogens is 236 g/mol. The van der Waals surface area contributed by atoms with Crippen molar-refractivity contribution in [2.75, 3.05) is 0 Å². The van der Waals surface area contributed by atoms with Crippen LogP contribution in [0.2, 0.25) is 0 Å². The number of amides is 1. The first-order valence-corrected chi connectivity index (χ1v) is 5.13. The lowest BCUT2D eigenvalue weighted by atomic mass is 10.1. The van der Waals surface area contributed by atoms with E-state index in [-0.39, 0.29) is 5.82 Å². The molecule has 7 heteroatoms. The van der Waals surface area contributed by atoms with E-state index in [4.69, 9.17) is 5.73 Å². The van der Waals surface area contributed by atoms with Crippen LogP contribution in [-0.2, 0) is 6.54 Å². The molecule has 0 unspecified atom stereocenters. The maximum absolute atomic E-state index is 10.9. The molecule has 0 bridgehead atoms. The van der Waals surface area contributed by atoms with Crippen molar-refractivity contribution in [3.8, 4) is 0 Å². The van der Waals surface area contributed by atoms with Gasteiger partial charge in [-0.25, -0.2) is 0 Å². The summed E-state index contributed by atoms with van der Waals surface area (Å²) >= 11 is 0. The van der Waals surface area contributed by atoms with Crippen molar-refractivity contribution >= 4 is 11.7 Å². The number of carbonyl (C=O) groups excluding carboxylic acids is 1. The van der Waals surface area contributed by atoms with Gasteiger partial charge in [-0.1, -0.05) is 12.1 Å². The second-order valence-corrected chi connectivity index (χ2v) is 3.69. The second kappa shape index (κ2) is 4.66. The third-order valence-electron chi connectivity index (χ3n) is 2.40. The van der Waals surface area contributed by atoms with Crippen LogP contribution in [0.4, 0.5) is 5.82 Å². The molecule has 0 aliphatic rings. The molecule has 7 nitrogen and oxygen atoms in total. The van der Waals surface area contributed by atoms with Gasteiger partial charge in [0.2, 0.25) is 5.91 Å². The maximum Gasteiger partial charge on any atom is 0.389 e. The fourth-order valence-corrected chi connectivity index (χ4v) is 1.50. The number of carbonyl (C=O) groups is 1. The van der Waals surface area contributed by atoms with Crippen molar-refractivity contribution in [1.29, 1.82) is 0 Å². The smallest absolute Gasteiger partial charge is 0.366 e. The Kier molecular flexibility index (Phi) is 3.05. The predicted octanol–water partition coefficient (Wildman–Crippen LogP) is 0.939. The Bertz CT molecular complexity index is 589. The zero-order valence-corrected chi connectivity index (χ0v) is 9.31. The van der Waals surface area contributed by atoms with Crippen molar-refractivity contribution in [3.05, 3.63) is 57.8 Å². The summed E-state index contributed by atoms with van der Waals surface area (Å²) < 4.78 is 1.46. The molecule has 2 rings (SSSR count). The van der Waals surface area contributed by atoms with Gasteiger partial charge in [0.1, 0.15) is 0 Å². The number of nitrogens with zero attached hydrogens (tertiary/aromatic N) is 3. The minimum Gasteiger partial charge on any atom is -0.366 e. The van der Waals surface area contributed by atoms with Gasteiger partial charge in [0.15, 0.2) is 0 Å². The molecule has 0 radical (unpaired) electrons. The molecule has 18 heavy (non-hydrogen) atoms. The minimum atomic E-state index is -0.549. The number of benzene rings is 1. The van der Waals surface area contributed by atoms with Gasteiger partial charge in [0.25, 0.3) is 0 Å². The van der Waals surface area contributed by atoms with E-state index in [0.717, 1.165) is 5.56 Å². The summed E-state index contributed by atoms with van der Waals surface area (Å²) in [5.74, 6) is -0.681. The van der Waals surface area contributed by atoms with Crippen LogP contribution in [0.25, 0.3) is 0 Å². The van der Waals surface area contributed by atoms with Gasteiger partial charge >= 0.3 is 5.82 Å². The topological polar surface area (TPSA) is 104 Å². The number of nitrogens with two attached hydrogens (primary N) is 1. The van der Waals surface area contributed by atoms with Crippen LogP contribution in [0.5, 0.6) is 0 Å². The summed E-state index contributed by atoms with van der Waals surface area (Å²) in [6.45, 7) is 0.396. The molecule has 92 valence electrons. The van der Waals surface area contributed by atoms with E-state index in [1.165, 1.54) is 16.9 Å².